The number of amides is 1. The van der Waals surface area contributed by atoms with Crippen LogP contribution in [0, 0.1) is 0 Å². The summed E-state index contributed by atoms with van der Waals surface area (Å²) in [6, 6.07) is 6.51. The SMILES string of the molecule is COc1ccc(C(=O)Nc2ccc(Cl)c(C(F)(F)F)c2)cc1S(=O)(=O)NC1CC1. The molecule has 6 nitrogen and oxygen atoms in total. The highest BCUT2D eigenvalue weighted by Gasteiger charge is 2.34. The molecule has 0 bridgehead atoms. The minimum absolute atomic E-state index is 0.0422. The van der Waals surface area contributed by atoms with E-state index < -0.39 is 32.7 Å². The van der Waals surface area contributed by atoms with Crippen LogP contribution in [0.3, 0.4) is 0 Å². The molecule has 0 heterocycles. The van der Waals surface area contributed by atoms with Crippen LogP contribution < -0.4 is 14.8 Å². The second-order valence-corrected chi connectivity index (χ2v) is 8.50. The van der Waals surface area contributed by atoms with Gasteiger partial charge in [-0.2, -0.15) is 13.2 Å². The van der Waals surface area contributed by atoms with Crippen LogP contribution in [0.5, 0.6) is 5.75 Å². The molecule has 0 spiro atoms. The molecular weight excluding hydrogens is 433 g/mol. The average Bonchev–Trinajstić information content (AvgIpc) is 3.45. The Morgan fingerprint density at radius 3 is 2.45 bits per heavy atom. The lowest BCUT2D eigenvalue weighted by Gasteiger charge is -2.14. The average molecular weight is 449 g/mol. The van der Waals surface area contributed by atoms with Crippen LogP contribution in [0.15, 0.2) is 41.3 Å². The summed E-state index contributed by atoms with van der Waals surface area (Å²) in [4.78, 5) is 12.3. The Kier molecular flexibility index (Phi) is 5.79. The van der Waals surface area contributed by atoms with Gasteiger partial charge in [-0.1, -0.05) is 11.6 Å². The van der Waals surface area contributed by atoms with E-state index in [0.717, 1.165) is 25.0 Å². The van der Waals surface area contributed by atoms with E-state index in [9.17, 15) is 26.4 Å². The van der Waals surface area contributed by atoms with Gasteiger partial charge >= 0.3 is 6.18 Å². The summed E-state index contributed by atoms with van der Waals surface area (Å²) in [5, 5.41) is 1.81. The summed E-state index contributed by atoms with van der Waals surface area (Å²) < 4.78 is 71.5. The molecule has 2 aromatic carbocycles. The lowest BCUT2D eigenvalue weighted by molar-refractivity contribution is -0.137. The third kappa shape index (κ3) is 5.01. The van der Waals surface area contributed by atoms with Crippen molar-refractivity contribution in [1.29, 1.82) is 0 Å². The minimum Gasteiger partial charge on any atom is -0.495 e. The second-order valence-electron chi connectivity index (χ2n) is 6.41. The molecule has 0 aliphatic heterocycles. The highest BCUT2D eigenvalue weighted by atomic mass is 35.5. The number of sulfonamides is 1. The predicted molar refractivity (Wildman–Crippen MR) is 101 cm³/mol. The smallest absolute Gasteiger partial charge is 0.417 e. The van der Waals surface area contributed by atoms with Gasteiger partial charge in [-0.3, -0.25) is 4.79 Å². The molecule has 11 heteroatoms. The molecule has 29 heavy (non-hydrogen) atoms. The molecule has 2 aromatic rings. The van der Waals surface area contributed by atoms with Crippen molar-refractivity contribution in [2.75, 3.05) is 12.4 Å². The number of nitrogens with one attached hydrogen (secondary N) is 2. The number of carbonyl (C=O) groups is 1. The normalized spacial score (nSPS) is 14.5. The lowest BCUT2D eigenvalue weighted by atomic mass is 10.1. The third-order valence-corrected chi connectivity index (χ3v) is 6.02. The van der Waals surface area contributed by atoms with Crippen molar-refractivity contribution in [1.82, 2.24) is 4.72 Å². The molecule has 1 fully saturated rings. The molecule has 3 rings (SSSR count). The van der Waals surface area contributed by atoms with Crippen LogP contribution in [0.1, 0.15) is 28.8 Å². The lowest BCUT2D eigenvalue weighted by Crippen LogP contribution is -2.26. The Morgan fingerprint density at radius 1 is 1.17 bits per heavy atom. The number of carbonyl (C=O) groups excluding carboxylic acids is 1. The predicted octanol–water partition coefficient (Wildman–Crippen LogP) is 4.06. The first-order valence-electron chi connectivity index (χ1n) is 8.40. The van der Waals surface area contributed by atoms with Gasteiger partial charge in [-0.05, 0) is 49.2 Å². The van der Waals surface area contributed by atoms with Crippen LogP contribution in [0.25, 0.3) is 0 Å². The second kappa shape index (κ2) is 7.85. The quantitative estimate of drug-likeness (QED) is 0.698. The summed E-state index contributed by atoms with van der Waals surface area (Å²) in [7, 11) is -2.63. The summed E-state index contributed by atoms with van der Waals surface area (Å²) in [6.45, 7) is 0. The highest BCUT2D eigenvalue weighted by molar-refractivity contribution is 7.89. The number of alkyl halides is 3. The molecule has 156 valence electrons. The van der Waals surface area contributed by atoms with E-state index in [0.29, 0.717) is 6.07 Å². The van der Waals surface area contributed by atoms with E-state index in [1.54, 1.807) is 0 Å². The standard InChI is InChI=1S/C18H16ClF3N2O4S/c1-28-15-7-2-10(8-16(15)29(26,27)24-11-3-4-11)17(25)23-12-5-6-14(19)13(9-12)18(20,21)22/h2,5-9,11,24H,3-4H2,1H3,(H,23,25). The number of hydrogen-bond acceptors (Lipinski definition) is 4. The van der Waals surface area contributed by atoms with Gasteiger partial charge in [0, 0.05) is 17.3 Å². The molecule has 1 amide bonds. The van der Waals surface area contributed by atoms with Crippen LogP contribution in [-0.4, -0.2) is 27.5 Å². The Balaban J connectivity index is 1.89. The molecule has 0 radical (unpaired) electrons. The van der Waals surface area contributed by atoms with Gasteiger partial charge in [0.15, 0.2) is 0 Å². The van der Waals surface area contributed by atoms with E-state index in [1.165, 1.54) is 25.3 Å². The molecule has 1 saturated carbocycles. The van der Waals surface area contributed by atoms with Crippen molar-refractivity contribution in [2.45, 2.75) is 30.0 Å². The fourth-order valence-electron chi connectivity index (χ4n) is 2.54. The van der Waals surface area contributed by atoms with Crippen LogP contribution in [-0.2, 0) is 16.2 Å². The van der Waals surface area contributed by atoms with Crippen LogP contribution in [0.2, 0.25) is 5.02 Å². The summed E-state index contributed by atoms with van der Waals surface area (Å²) >= 11 is 5.57. The van der Waals surface area contributed by atoms with Gasteiger partial charge in [-0.25, -0.2) is 13.1 Å². The first kappa shape index (κ1) is 21.4. The fourth-order valence-corrected chi connectivity index (χ4v) is 4.26. The number of methoxy groups -OCH3 is 1. The number of halogens is 4. The van der Waals surface area contributed by atoms with E-state index in [-0.39, 0.29) is 27.9 Å². The van der Waals surface area contributed by atoms with Gasteiger partial charge in [0.25, 0.3) is 5.91 Å². The zero-order valence-corrected chi connectivity index (χ0v) is 16.6. The number of ether oxygens (including phenoxy) is 1. The first-order valence-corrected chi connectivity index (χ1v) is 10.3. The van der Waals surface area contributed by atoms with Crippen molar-refractivity contribution in [3.63, 3.8) is 0 Å². The molecule has 0 aromatic heterocycles. The summed E-state index contributed by atoms with van der Waals surface area (Å²) in [5.41, 5.74) is -1.29. The molecule has 0 saturated heterocycles. The Morgan fingerprint density at radius 2 is 1.86 bits per heavy atom. The van der Waals surface area contributed by atoms with Crippen LogP contribution in [0.4, 0.5) is 18.9 Å². The maximum Gasteiger partial charge on any atom is 0.417 e. The highest BCUT2D eigenvalue weighted by Crippen LogP contribution is 2.36. The molecule has 1 aliphatic rings. The molecule has 0 atom stereocenters. The number of anilines is 1. The van der Waals surface area contributed by atoms with Crippen molar-refractivity contribution in [2.24, 2.45) is 0 Å². The van der Waals surface area contributed by atoms with Gasteiger partial charge in [0.05, 0.1) is 17.7 Å². The van der Waals surface area contributed by atoms with Crippen molar-refractivity contribution in [3.05, 3.63) is 52.5 Å². The third-order valence-electron chi connectivity index (χ3n) is 4.14. The Labute approximate surface area is 170 Å². The van der Waals surface area contributed by atoms with Crippen molar-refractivity contribution in [3.8, 4) is 5.75 Å². The Hall–Kier alpha value is -2.30. The van der Waals surface area contributed by atoms with E-state index in [4.69, 9.17) is 16.3 Å². The van der Waals surface area contributed by atoms with E-state index in [1.807, 2.05) is 0 Å². The van der Waals surface area contributed by atoms with Gasteiger partial charge in [-0.15, -0.1) is 0 Å². The van der Waals surface area contributed by atoms with Gasteiger partial charge in [0.2, 0.25) is 10.0 Å². The largest absolute Gasteiger partial charge is 0.495 e. The van der Waals surface area contributed by atoms with Gasteiger partial charge < -0.3 is 10.1 Å². The van der Waals surface area contributed by atoms with E-state index in [2.05, 4.69) is 10.0 Å². The zero-order valence-electron chi connectivity index (χ0n) is 15.0. The molecular formula is C18H16ClF3N2O4S. The molecule has 0 unspecified atom stereocenters. The maximum atomic E-state index is 13.0. The fraction of sp³-hybridized carbons (Fsp3) is 0.278. The summed E-state index contributed by atoms with van der Waals surface area (Å²) in [5.74, 6) is -0.744. The van der Waals surface area contributed by atoms with Crippen molar-refractivity contribution >= 4 is 33.2 Å². The topological polar surface area (TPSA) is 84.5 Å². The number of benzene rings is 2. The number of hydrogen-bond donors (Lipinski definition) is 2. The molecule has 1 aliphatic carbocycles. The van der Waals surface area contributed by atoms with Crippen LogP contribution >= 0.6 is 11.6 Å². The van der Waals surface area contributed by atoms with Crippen molar-refractivity contribution < 1.29 is 31.1 Å². The maximum absolute atomic E-state index is 13.0. The minimum atomic E-state index is -4.69. The monoisotopic (exact) mass is 448 g/mol. The number of rotatable bonds is 6. The first-order chi connectivity index (χ1) is 13.5. The Bertz CT molecular complexity index is 1050. The van der Waals surface area contributed by atoms with Gasteiger partial charge in [0.1, 0.15) is 10.6 Å². The summed E-state index contributed by atoms with van der Waals surface area (Å²) in [6.07, 6.45) is -3.24. The molecule has 2 N–H and O–H groups in total. The van der Waals surface area contributed by atoms with E-state index >= 15 is 0 Å². The zero-order chi connectivity index (χ0) is 21.4.